The fourth-order valence-corrected chi connectivity index (χ4v) is 2.44. The summed E-state index contributed by atoms with van der Waals surface area (Å²) in [5.74, 6) is 0.599. The average molecular weight is 372 g/mol. The number of benzene rings is 2. The number of anilines is 1. The largest absolute Gasteiger partial charge is 0.495 e. The van der Waals surface area contributed by atoms with Gasteiger partial charge in [0.05, 0.1) is 21.5 Å². The molecule has 0 saturated heterocycles. The molecule has 0 aliphatic rings. The van der Waals surface area contributed by atoms with Gasteiger partial charge >= 0.3 is 0 Å². The van der Waals surface area contributed by atoms with Crippen LogP contribution in [-0.4, -0.2) is 12.0 Å². The van der Waals surface area contributed by atoms with Crippen molar-refractivity contribution in [2.75, 3.05) is 12.4 Å². The van der Waals surface area contributed by atoms with Crippen LogP contribution in [0.2, 0.25) is 5.02 Å². The first kappa shape index (κ1) is 15.6. The molecule has 0 bridgehead atoms. The molecule has 0 heterocycles. The van der Waals surface area contributed by atoms with Crippen molar-refractivity contribution in [1.29, 1.82) is 0 Å². The van der Waals surface area contributed by atoms with Crippen LogP contribution in [0.1, 0.15) is 5.56 Å². The quantitative estimate of drug-likeness (QED) is 0.614. The molecule has 0 aromatic heterocycles. The zero-order valence-electron chi connectivity index (χ0n) is 11.1. The number of rotatable bonds is 5. The van der Waals surface area contributed by atoms with Gasteiger partial charge in [-0.1, -0.05) is 17.7 Å². The molecule has 0 radical (unpaired) electrons. The van der Waals surface area contributed by atoms with Gasteiger partial charge in [0.25, 0.3) is 5.69 Å². The van der Waals surface area contributed by atoms with Gasteiger partial charge in [-0.15, -0.1) is 0 Å². The second-order valence-corrected chi connectivity index (χ2v) is 5.51. The van der Waals surface area contributed by atoms with E-state index < -0.39 is 4.92 Å². The molecule has 21 heavy (non-hydrogen) atoms. The Labute approximate surface area is 135 Å². The normalized spacial score (nSPS) is 10.2. The van der Waals surface area contributed by atoms with Crippen LogP contribution >= 0.6 is 27.5 Å². The molecule has 0 amide bonds. The van der Waals surface area contributed by atoms with Crippen LogP contribution in [0.4, 0.5) is 11.4 Å². The maximum absolute atomic E-state index is 10.9. The number of nitrogens with zero attached hydrogens (tertiary/aromatic N) is 1. The van der Waals surface area contributed by atoms with Crippen LogP contribution in [-0.2, 0) is 6.54 Å². The van der Waals surface area contributed by atoms with Gasteiger partial charge in [-0.3, -0.25) is 10.1 Å². The van der Waals surface area contributed by atoms with E-state index >= 15 is 0 Å². The molecule has 0 atom stereocenters. The Morgan fingerprint density at radius 1 is 1.33 bits per heavy atom. The molecule has 0 fully saturated rings. The lowest BCUT2D eigenvalue weighted by Crippen LogP contribution is -2.00. The van der Waals surface area contributed by atoms with Gasteiger partial charge in [-0.2, -0.15) is 0 Å². The number of ether oxygens (including phenoxy) is 1. The van der Waals surface area contributed by atoms with Crippen LogP contribution in [0.3, 0.4) is 0 Å². The molecule has 110 valence electrons. The van der Waals surface area contributed by atoms with Gasteiger partial charge in [-0.25, -0.2) is 0 Å². The van der Waals surface area contributed by atoms with Crippen LogP contribution in [0, 0.1) is 10.1 Å². The predicted molar refractivity (Wildman–Crippen MR) is 86.1 cm³/mol. The van der Waals surface area contributed by atoms with Crippen molar-refractivity contribution in [3.63, 3.8) is 0 Å². The molecular weight excluding hydrogens is 360 g/mol. The predicted octanol–water partition coefficient (Wildman–Crippen LogP) is 4.63. The second-order valence-electron chi connectivity index (χ2n) is 4.25. The second kappa shape index (κ2) is 6.78. The number of hydrogen-bond acceptors (Lipinski definition) is 4. The van der Waals surface area contributed by atoms with Gasteiger partial charge in [-0.05, 0) is 45.8 Å². The van der Waals surface area contributed by atoms with Crippen LogP contribution in [0.5, 0.6) is 5.75 Å². The van der Waals surface area contributed by atoms with Crippen molar-refractivity contribution in [2.45, 2.75) is 6.54 Å². The number of methoxy groups -OCH3 is 1. The third-order valence-corrected chi connectivity index (χ3v) is 3.82. The number of nitro groups is 1. The van der Waals surface area contributed by atoms with E-state index in [-0.39, 0.29) is 5.69 Å². The Morgan fingerprint density at radius 3 is 2.71 bits per heavy atom. The average Bonchev–Trinajstić information content (AvgIpc) is 2.46. The molecule has 0 saturated carbocycles. The third kappa shape index (κ3) is 3.86. The fourth-order valence-electron chi connectivity index (χ4n) is 1.79. The molecule has 7 heteroatoms. The minimum Gasteiger partial charge on any atom is -0.495 e. The molecule has 5 nitrogen and oxygen atoms in total. The highest BCUT2D eigenvalue weighted by Crippen LogP contribution is 2.28. The van der Waals surface area contributed by atoms with Crippen molar-refractivity contribution in [3.05, 3.63) is 61.6 Å². The van der Waals surface area contributed by atoms with Crippen LogP contribution in [0.25, 0.3) is 0 Å². The fraction of sp³-hybridized carbons (Fsp3) is 0.143. The molecule has 2 rings (SSSR count). The van der Waals surface area contributed by atoms with Crippen molar-refractivity contribution in [3.8, 4) is 5.75 Å². The van der Waals surface area contributed by atoms with E-state index in [9.17, 15) is 10.1 Å². The number of hydrogen-bond donors (Lipinski definition) is 1. The van der Waals surface area contributed by atoms with Gasteiger partial charge in [0.2, 0.25) is 0 Å². The first-order chi connectivity index (χ1) is 10.0. The maximum Gasteiger partial charge on any atom is 0.283 e. The Kier molecular flexibility index (Phi) is 5.03. The number of nitro benzene ring substituents is 1. The summed E-state index contributed by atoms with van der Waals surface area (Å²) < 4.78 is 5.54. The SMILES string of the molecule is COc1ccc(NCc2ccc(Br)c([N+](=O)[O-])c2)cc1Cl. The van der Waals surface area contributed by atoms with E-state index in [1.807, 2.05) is 12.1 Å². The van der Waals surface area contributed by atoms with Gasteiger partial charge in [0.1, 0.15) is 5.75 Å². The first-order valence-corrected chi connectivity index (χ1v) is 7.18. The third-order valence-electron chi connectivity index (χ3n) is 2.86. The van der Waals surface area contributed by atoms with Crippen molar-refractivity contribution >= 4 is 38.9 Å². The van der Waals surface area contributed by atoms with E-state index in [0.717, 1.165) is 11.3 Å². The topological polar surface area (TPSA) is 64.4 Å². The summed E-state index contributed by atoms with van der Waals surface area (Å²) in [6.07, 6.45) is 0. The highest BCUT2D eigenvalue weighted by atomic mass is 79.9. The Morgan fingerprint density at radius 2 is 2.10 bits per heavy atom. The standard InChI is InChI=1S/C14H12BrClN2O3/c1-21-14-5-3-10(7-12(14)16)17-8-9-2-4-11(15)13(6-9)18(19)20/h2-7,17H,8H2,1H3. The van der Waals surface area contributed by atoms with Crippen molar-refractivity contribution < 1.29 is 9.66 Å². The summed E-state index contributed by atoms with van der Waals surface area (Å²) in [5.41, 5.74) is 1.66. The monoisotopic (exact) mass is 370 g/mol. The van der Waals surface area contributed by atoms with E-state index in [4.69, 9.17) is 16.3 Å². The molecule has 0 aliphatic heterocycles. The van der Waals surface area contributed by atoms with Gasteiger partial charge in [0, 0.05) is 18.3 Å². The summed E-state index contributed by atoms with van der Waals surface area (Å²) in [4.78, 5) is 10.5. The van der Waals surface area contributed by atoms with Crippen molar-refractivity contribution in [2.24, 2.45) is 0 Å². The highest BCUT2D eigenvalue weighted by Gasteiger charge is 2.12. The number of nitrogens with one attached hydrogen (secondary N) is 1. The van der Waals surface area contributed by atoms with E-state index in [2.05, 4.69) is 21.2 Å². The molecule has 0 aliphatic carbocycles. The lowest BCUT2D eigenvalue weighted by atomic mass is 10.2. The molecule has 2 aromatic carbocycles. The lowest BCUT2D eigenvalue weighted by molar-refractivity contribution is -0.385. The summed E-state index contributed by atoms with van der Waals surface area (Å²) in [7, 11) is 1.55. The molecule has 2 aromatic rings. The van der Waals surface area contributed by atoms with Crippen LogP contribution in [0.15, 0.2) is 40.9 Å². The zero-order chi connectivity index (χ0) is 15.4. The first-order valence-electron chi connectivity index (χ1n) is 6.01. The van der Waals surface area contributed by atoms with Crippen molar-refractivity contribution in [1.82, 2.24) is 0 Å². The summed E-state index contributed by atoms with van der Waals surface area (Å²) in [5, 5.41) is 14.6. The zero-order valence-corrected chi connectivity index (χ0v) is 13.4. The molecule has 1 N–H and O–H groups in total. The minimum atomic E-state index is -0.419. The van der Waals surface area contributed by atoms with E-state index in [0.29, 0.717) is 21.8 Å². The lowest BCUT2D eigenvalue weighted by Gasteiger charge is -2.09. The molecule has 0 unspecified atom stereocenters. The summed E-state index contributed by atoms with van der Waals surface area (Å²) in [6, 6.07) is 10.3. The van der Waals surface area contributed by atoms with Crippen LogP contribution < -0.4 is 10.1 Å². The summed E-state index contributed by atoms with van der Waals surface area (Å²) >= 11 is 9.20. The van der Waals surface area contributed by atoms with Gasteiger partial charge in [0.15, 0.2) is 0 Å². The summed E-state index contributed by atoms with van der Waals surface area (Å²) in [6.45, 7) is 0.455. The van der Waals surface area contributed by atoms with Gasteiger partial charge < -0.3 is 10.1 Å². The Hall–Kier alpha value is -1.79. The minimum absolute atomic E-state index is 0.0436. The number of halogens is 2. The molecule has 0 spiro atoms. The smallest absolute Gasteiger partial charge is 0.283 e. The highest BCUT2D eigenvalue weighted by molar-refractivity contribution is 9.10. The Balaban J connectivity index is 2.11. The molecular formula is C14H12BrClN2O3. The maximum atomic E-state index is 10.9. The Bertz CT molecular complexity index is 679. The van der Waals surface area contributed by atoms with E-state index in [1.54, 1.807) is 25.3 Å². The van der Waals surface area contributed by atoms with E-state index in [1.165, 1.54) is 6.07 Å².